The molecule has 2 aromatic heterocycles. The number of hydrogen-bond acceptors (Lipinski definition) is 3. The summed E-state index contributed by atoms with van der Waals surface area (Å²) in [5, 5.41) is 3.82. The molecule has 4 heteroatoms. The second-order valence-corrected chi connectivity index (χ2v) is 6.15. The highest BCUT2D eigenvalue weighted by Gasteiger charge is 2.15. The fourth-order valence-electron chi connectivity index (χ4n) is 2.83. The van der Waals surface area contributed by atoms with E-state index in [1.165, 1.54) is 28.0 Å². The predicted molar refractivity (Wildman–Crippen MR) is 93.1 cm³/mol. The van der Waals surface area contributed by atoms with Crippen molar-refractivity contribution in [3.8, 4) is 11.3 Å². The number of para-hydroxylation sites is 1. The third-order valence-electron chi connectivity index (χ3n) is 3.79. The number of thiazole rings is 1. The predicted octanol–water partition coefficient (Wildman–Crippen LogP) is 4.46. The zero-order valence-corrected chi connectivity index (χ0v) is 12.7. The summed E-state index contributed by atoms with van der Waals surface area (Å²) in [7, 11) is 0. The molecule has 22 heavy (non-hydrogen) atoms. The number of aromatic nitrogens is 2. The summed E-state index contributed by atoms with van der Waals surface area (Å²) < 4.78 is 0. The first-order valence-electron chi connectivity index (χ1n) is 7.16. The maximum Gasteiger partial charge on any atom is 0.180 e. The summed E-state index contributed by atoms with van der Waals surface area (Å²) in [5.41, 5.74) is 11.5. The van der Waals surface area contributed by atoms with Crippen molar-refractivity contribution in [3.63, 3.8) is 0 Å². The van der Waals surface area contributed by atoms with Gasteiger partial charge in [0.25, 0.3) is 0 Å². The second kappa shape index (κ2) is 5.31. The average Bonchev–Trinajstić information content (AvgIpc) is 3.11. The molecule has 0 saturated heterocycles. The monoisotopic (exact) mass is 305 g/mol. The summed E-state index contributed by atoms with van der Waals surface area (Å²) in [6.07, 6.45) is 0.849. The van der Waals surface area contributed by atoms with Crippen LogP contribution in [0.25, 0.3) is 22.2 Å². The number of nitrogens with one attached hydrogen (secondary N) is 1. The molecule has 3 N–H and O–H groups in total. The van der Waals surface area contributed by atoms with Crippen LogP contribution in [0.4, 0.5) is 5.13 Å². The Balaban J connectivity index is 1.90. The van der Waals surface area contributed by atoms with E-state index in [9.17, 15) is 0 Å². The molecule has 0 aliphatic heterocycles. The number of nitrogen functional groups attached to an aromatic ring is 1. The number of rotatable bonds is 3. The van der Waals surface area contributed by atoms with Crippen LogP contribution >= 0.6 is 11.3 Å². The quantitative estimate of drug-likeness (QED) is 0.587. The molecule has 0 saturated carbocycles. The summed E-state index contributed by atoms with van der Waals surface area (Å²) in [6, 6.07) is 18.8. The lowest BCUT2D eigenvalue weighted by Gasteiger charge is -2.03. The van der Waals surface area contributed by atoms with Crippen LogP contribution in [0.2, 0.25) is 0 Å². The van der Waals surface area contributed by atoms with Crippen LogP contribution in [0.5, 0.6) is 0 Å². The number of nitrogens with two attached hydrogens (primary N) is 1. The fraction of sp³-hybridized carbons (Fsp3) is 0.0556. The third kappa shape index (κ3) is 2.27. The van der Waals surface area contributed by atoms with Crippen molar-refractivity contribution in [2.45, 2.75) is 6.42 Å². The van der Waals surface area contributed by atoms with Gasteiger partial charge in [0.2, 0.25) is 0 Å². The number of fused-ring (bicyclic) bond motifs is 1. The van der Waals surface area contributed by atoms with Gasteiger partial charge in [-0.05, 0) is 11.6 Å². The molecular weight excluding hydrogens is 290 g/mol. The summed E-state index contributed by atoms with van der Waals surface area (Å²) >= 11 is 1.48. The van der Waals surface area contributed by atoms with Gasteiger partial charge in [0.15, 0.2) is 5.13 Å². The number of nitrogens with zero attached hydrogens (tertiary/aromatic N) is 1. The molecule has 0 aliphatic carbocycles. The van der Waals surface area contributed by atoms with Gasteiger partial charge in [-0.25, -0.2) is 4.98 Å². The fourth-order valence-corrected chi connectivity index (χ4v) is 3.38. The van der Waals surface area contributed by atoms with E-state index in [0.29, 0.717) is 5.13 Å². The van der Waals surface area contributed by atoms with Crippen LogP contribution in [0.15, 0.2) is 60.0 Å². The lowest BCUT2D eigenvalue weighted by molar-refractivity contribution is 1.12. The number of H-pyrrole nitrogens is 1. The van der Waals surface area contributed by atoms with Crippen LogP contribution < -0.4 is 5.73 Å². The number of hydrogen-bond donors (Lipinski definition) is 2. The van der Waals surface area contributed by atoms with Gasteiger partial charge in [0.05, 0.1) is 5.69 Å². The van der Waals surface area contributed by atoms with Gasteiger partial charge in [-0.15, -0.1) is 11.3 Å². The Morgan fingerprint density at radius 2 is 1.77 bits per heavy atom. The second-order valence-electron chi connectivity index (χ2n) is 5.26. The maximum atomic E-state index is 5.83. The highest BCUT2D eigenvalue weighted by Crippen LogP contribution is 2.34. The zero-order chi connectivity index (χ0) is 14.9. The summed E-state index contributed by atoms with van der Waals surface area (Å²) in [6.45, 7) is 0. The first-order valence-corrected chi connectivity index (χ1v) is 8.04. The first kappa shape index (κ1) is 13.1. The molecule has 3 nitrogen and oxygen atoms in total. The number of anilines is 1. The Labute approximate surface area is 132 Å². The first-order chi connectivity index (χ1) is 10.8. The molecule has 0 bridgehead atoms. The van der Waals surface area contributed by atoms with Gasteiger partial charge < -0.3 is 10.7 Å². The summed E-state index contributed by atoms with van der Waals surface area (Å²) in [4.78, 5) is 8.03. The van der Waals surface area contributed by atoms with Gasteiger partial charge in [-0.2, -0.15) is 0 Å². The largest absolute Gasteiger partial charge is 0.375 e. The molecule has 0 aliphatic rings. The minimum Gasteiger partial charge on any atom is -0.375 e. The molecule has 0 fully saturated rings. The van der Waals surface area contributed by atoms with E-state index >= 15 is 0 Å². The Kier molecular flexibility index (Phi) is 3.16. The standard InChI is InChI=1S/C18H15N3S/c19-18-21-16(11-22-18)17-13-8-4-5-9-14(13)20-15(17)10-12-6-2-1-3-7-12/h1-9,11,20H,10H2,(H2,19,21). The maximum absolute atomic E-state index is 5.83. The van der Waals surface area contributed by atoms with E-state index in [-0.39, 0.29) is 0 Å². The van der Waals surface area contributed by atoms with Crippen LogP contribution in [0, 0.1) is 0 Å². The Bertz CT molecular complexity index is 922. The molecule has 108 valence electrons. The average molecular weight is 305 g/mol. The van der Waals surface area contributed by atoms with E-state index in [1.54, 1.807) is 0 Å². The van der Waals surface area contributed by atoms with Crippen molar-refractivity contribution in [1.82, 2.24) is 9.97 Å². The van der Waals surface area contributed by atoms with E-state index in [2.05, 4.69) is 52.4 Å². The van der Waals surface area contributed by atoms with Crippen molar-refractivity contribution in [3.05, 3.63) is 71.2 Å². The van der Waals surface area contributed by atoms with Gasteiger partial charge in [0.1, 0.15) is 0 Å². The molecule has 0 atom stereocenters. The Morgan fingerprint density at radius 3 is 2.55 bits per heavy atom. The van der Waals surface area contributed by atoms with Crippen molar-refractivity contribution in [2.75, 3.05) is 5.73 Å². The van der Waals surface area contributed by atoms with Gasteiger partial charge in [0, 0.05) is 34.0 Å². The smallest absolute Gasteiger partial charge is 0.180 e. The summed E-state index contributed by atoms with van der Waals surface area (Å²) in [5.74, 6) is 0. The van der Waals surface area contributed by atoms with Crippen LogP contribution in [0.3, 0.4) is 0 Å². The minimum absolute atomic E-state index is 0.603. The molecule has 2 aromatic carbocycles. The molecule has 0 radical (unpaired) electrons. The van der Waals surface area contributed by atoms with Crippen molar-refractivity contribution >= 4 is 27.4 Å². The van der Waals surface area contributed by atoms with E-state index in [0.717, 1.165) is 23.2 Å². The molecule has 0 amide bonds. The minimum atomic E-state index is 0.603. The highest BCUT2D eigenvalue weighted by molar-refractivity contribution is 7.13. The molecular formula is C18H15N3S. The van der Waals surface area contributed by atoms with Gasteiger partial charge in [-0.1, -0.05) is 48.5 Å². The van der Waals surface area contributed by atoms with Crippen LogP contribution in [-0.4, -0.2) is 9.97 Å². The van der Waals surface area contributed by atoms with Gasteiger partial charge >= 0.3 is 0 Å². The molecule has 4 rings (SSSR count). The third-order valence-corrected chi connectivity index (χ3v) is 4.46. The van der Waals surface area contributed by atoms with Crippen molar-refractivity contribution < 1.29 is 0 Å². The molecule has 0 unspecified atom stereocenters. The van der Waals surface area contributed by atoms with Crippen LogP contribution in [-0.2, 0) is 6.42 Å². The Hall–Kier alpha value is -2.59. The number of benzene rings is 2. The molecule has 0 spiro atoms. The normalized spacial score (nSPS) is 11.1. The molecule has 4 aromatic rings. The van der Waals surface area contributed by atoms with E-state index < -0.39 is 0 Å². The lowest BCUT2D eigenvalue weighted by Crippen LogP contribution is -1.91. The topological polar surface area (TPSA) is 54.7 Å². The zero-order valence-electron chi connectivity index (χ0n) is 11.9. The van der Waals surface area contributed by atoms with Crippen molar-refractivity contribution in [2.24, 2.45) is 0 Å². The van der Waals surface area contributed by atoms with Crippen molar-refractivity contribution in [1.29, 1.82) is 0 Å². The van der Waals surface area contributed by atoms with E-state index in [1.807, 2.05) is 17.5 Å². The number of aromatic amines is 1. The van der Waals surface area contributed by atoms with Crippen LogP contribution in [0.1, 0.15) is 11.3 Å². The van der Waals surface area contributed by atoms with Gasteiger partial charge in [-0.3, -0.25) is 0 Å². The molecule has 2 heterocycles. The lowest BCUT2D eigenvalue weighted by atomic mass is 10.0. The SMILES string of the molecule is Nc1nc(-c2c(Cc3ccccc3)[nH]c3ccccc23)cs1. The Morgan fingerprint density at radius 1 is 1.00 bits per heavy atom. The highest BCUT2D eigenvalue weighted by atomic mass is 32.1. The van der Waals surface area contributed by atoms with E-state index in [4.69, 9.17) is 5.73 Å².